The van der Waals surface area contributed by atoms with Crippen LogP contribution in [-0.4, -0.2) is 38.9 Å². The highest BCUT2D eigenvalue weighted by atomic mass is 16.6. The molecule has 1 heterocycles. The molecule has 0 saturated heterocycles. The zero-order valence-corrected chi connectivity index (χ0v) is 15.7. The van der Waals surface area contributed by atoms with Crippen molar-refractivity contribution in [2.45, 2.75) is 25.9 Å². The van der Waals surface area contributed by atoms with Crippen molar-refractivity contribution in [2.24, 2.45) is 0 Å². The molecule has 6 nitrogen and oxygen atoms in total. The average molecular weight is 371 g/mol. The topological polar surface area (TPSA) is 66.0 Å². The van der Waals surface area contributed by atoms with Gasteiger partial charge in [0.15, 0.2) is 23.0 Å². The Morgan fingerprint density at radius 3 is 2.78 bits per heavy atom. The van der Waals surface area contributed by atoms with Crippen molar-refractivity contribution in [3.63, 3.8) is 0 Å². The molecule has 144 valence electrons. The first kappa shape index (κ1) is 18.9. The molecule has 2 aromatic rings. The highest BCUT2D eigenvalue weighted by molar-refractivity contribution is 5.94. The molecule has 1 aliphatic rings. The Labute approximate surface area is 159 Å². The quantitative estimate of drug-likeness (QED) is 0.720. The van der Waals surface area contributed by atoms with E-state index in [1.807, 2.05) is 24.3 Å². The van der Waals surface area contributed by atoms with Gasteiger partial charge in [-0.25, -0.2) is 0 Å². The number of hydrogen-bond acceptors (Lipinski definition) is 5. The molecule has 27 heavy (non-hydrogen) atoms. The number of carbonyl (C=O) groups is 1. The molecular weight excluding hydrogens is 346 g/mol. The first-order chi connectivity index (χ1) is 13.2. The molecule has 0 spiro atoms. The highest BCUT2D eigenvalue weighted by Crippen LogP contribution is 2.31. The molecule has 1 atom stereocenters. The van der Waals surface area contributed by atoms with E-state index in [-0.39, 0.29) is 12.0 Å². The van der Waals surface area contributed by atoms with Crippen LogP contribution in [0.1, 0.15) is 30.1 Å². The van der Waals surface area contributed by atoms with Gasteiger partial charge < -0.3 is 24.3 Å². The fourth-order valence-corrected chi connectivity index (χ4v) is 2.73. The van der Waals surface area contributed by atoms with Gasteiger partial charge in [-0.3, -0.25) is 4.79 Å². The number of methoxy groups -OCH3 is 1. The SMILES string of the molecule is CCCCOc1ccc(C(=O)NC[C@@H]2COc3ccccc3O2)cc1OC. The van der Waals surface area contributed by atoms with Gasteiger partial charge in [0.05, 0.1) is 20.3 Å². The van der Waals surface area contributed by atoms with Gasteiger partial charge in [0.1, 0.15) is 12.7 Å². The number of amides is 1. The van der Waals surface area contributed by atoms with Gasteiger partial charge in [0.25, 0.3) is 5.91 Å². The third-order valence-corrected chi connectivity index (χ3v) is 4.24. The first-order valence-electron chi connectivity index (χ1n) is 9.18. The second kappa shape index (κ2) is 9.16. The molecule has 0 aromatic heterocycles. The van der Waals surface area contributed by atoms with Crippen LogP contribution in [0.4, 0.5) is 0 Å². The highest BCUT2D eigenvalue weighted by Gasteiger charge is 2.21. The van der Waals surface area contributed by atoms with E-state index >= 15 is 0 Å². The van der Waals surface area contributed by atoms with Gasteiger partial charge in [-0.2, -0.15) is 0 Å². The lowest BCUT2D eigenvalue weighted by molar-refractivity contribution is 0.0789. The lowest BCUT2D eigenvalue weighted by Gasteiger charge is -2.26. The van der Waals surface area contributed by atoms with E-state index in [0.717, 1.165) is 18.6 Å². The van der Waals surface area contributed by atoms with Crippen molar-refractivity contribution in [2.75, 3.05) is 26.9 Å². The fourth-order valence-electron chi connectivity index (χ4n) is 2.73. The Morgan fingerprint density at radius 2 is 2.00 bits per heavy atom. The third-order valence-electron chi connectivity index (χ3n) is 4.24. The van der Waals surface area contributed by atoms with E-state index < -0.39 is 0 Å². The number of para-hydroxylation sites is 2. The largest absolute Gasteiger partial charge is 0.493 e. The third kappa shape index (κ3) is 4.84. The molecule has 0 unspecified atom stereocenters. The van der Waals surface area contributed by atoms with Crippen molar-refractivity contribution >= 4 is 5.91 Å². The summed E-state index contributed by atoms with van der Waals surface area (Å²) < 4.78 is 22.6. The Morgan fingerprint density at radius 1 is 1.19 bits per heavy atom. The lowest BCUT2D eigenvalue weighted by Crippen LogP contribution is -2.40. The Bertz CT molecular complexity index is 777. The monoisotopic (exact) mass is 371 g/mol. The molecule has 0 aliphatic carbocycles. The van der Waals surface area contributed by atoms with Crippen LogP contribution in [0.3, 0.4) is 0 Å². The van der Waals surface area contributed by atoms with E-state index in [2.05, 4.69) is 12.2 Å². The maximum Gasteiger partial charge on any atom is 0.251 e. The summed E-state index contributed by atoms with van der Waals surface area (Å²) >= 11 is 0. The summed E-state index contributed by atoms with van der Waals surface area (Å²) in [6.07, 6.45) is 1.79. The average Bonchev–Trinajstić information content (AvgIpc) is 2.72. The van der Waals surface area contributed by atoms with Crippen molar-refractivity contribution < 1.29 is 23.7 Å². The molecule has 0 saturated carbocycles. The predicted molar refractivity (Wildman–Crippen MR) is 102 cm³/mol. The van der Waals surface area contributed by atoms with Crippen LogP contribution in [0.5, 0.6) is 23.0 Å². The normalized spacial score (nSPS) is 15.1. The summed E-state index contributed by atoms with van der Waals surface area (Å²) in [5.74, 6) is 2.41. The van der Waals surface area contributed by atoms with Gasteiger partial charge in [-0.15, -0.1) is 0 Å². The zero-order chi connectivity index (χ0) is 19.1. The summed E-state index contributed by atoms with van der Waals surface area (Å²) in [7, 11) is 1.56. The first-order valence-corrected chi connectivity index (χ1v) is 9.18. The molecule has 1 amide bonds. The standard InChI is InChI=1S/C21H25NO5/c1-3-4-11-25-18-10-9-15(12-20(18)24-2)21(23)22-13-16-14-26-17-7-5-6-8-19(17)27-16/h5-10,12,16H,3-4,11,13-14H2,1-2H3,(H,22,23)/t16-/m1/s1. The second-order valence-electron chi connectivity index (χ2n) is 6.28. The Balaban J connectivity index is 1.56. The molecule has 0 bridgehead atoms. The molecule has 1 N–H and O–H groups in total. The molecule has 2 aromatic carbocycles. The lowest BCUT2D eigenvalue weighted by atomic mass is 10.2. The summed E-state index contributed by atoms with van der Waals surface area (Å²) in [5, 5.41) is 2.88. The Kier molecular flexibility index (Phi) is 6.41. The van der Waals surface area contributed by atoms with Crippen LogP contribution in [0, 0.1) is 0 Å². The van der Waals surface area contributed by atoms with Crippen LogP contribution in [0.2, 0.25) is 0 Å². The summed E-state index contributed by atoms with van der Waals surface area (Å²) in [6, 6.07) is 12.7. The predicted octanol–water partition coefficient (Wildman–Crippen LogP) is 3.44. The van der Waals surface area contributed by atoms with Crippen molar-refractivity contribution in [3.05, 3.63) is 48.0 Å². The maximum atomic E-state index is 12.5. The van der Waals surface area contributed by atoms with Crippen LogP contribution in [-0.2, 0) is 0 Å². The van der Waals surface area contributed by atoms with Crippen LogP contribution in [0.25, 0.3) is 0 Å². The molecule has 1 aliphatic heterocycles. The van der Waals surface area contributed by atoms with E-state index in [1.54, 1.807) is 25.3 Å². The smallest absolute Gasteiger partial charge is 0.251 e. The molecular formula is C21H25NO5. The number of nitrogens with one attached hydrogen (secondary N) is 1. The number of carbonyl (C=O) groups excluding carboxylic acids is 1. The van der Waals surface area contributed by atoms with Crippen molar-refractivity contribution in [3.8, 4) is 23.0 Å². The molecule has 0 radical (unpaired) electrons. The van der Waals surface area contributed by atoms with Crippen LogP contribution in [0.15, 0.2) is 42.5 Å². The number of rotatable bonds is 8. The van der Waals surface area contributed by atoms with Crippen LogP contribution >= 0.6 is 0 Å². The van der Waals surface area contributed by atoms with Crippen molar-refractivity contribution in [1.82, 2.24) is 5.32 Å². The minimum Gasteiger partial charge on any atom is -0.493 e. The minimum atomic E-state index is -0.234. The number of fused-ring (bicyclic) bond motifs is 1. The van der Waals surface area contributed by atoms with Crippen molar-refractivity contribution in [1.29, 1.82) is 0 Å². The summed E-state index contributed by atoms with van der Waals surface area (Å²) in [5.41, 5.74) is 0.506. The Hall–Kier alpha value is -2.89. The number of unbranched alkanes of at least 4 members (excludes halogenated alkanes) is 1. The van der Waals surface area contributed by atoms with Gasteiger partial charge in [-0.05, 0) is 36.8 Å². The van der Waals surface area contributed by atoms with E-state index in [4.69, 9.17) is 18.9 Å². The number of benzene rings is 2. The summed E-state index contributed by atoms with van der Waals surface area (Å²) in [4.78, 5) is 12.5. The minimum absolute atomic E-state index is 0.198. The van der Waals surface area contributed by atoms with Gasteiger partial charge >= 0.3 is 0 Å². The second-order valence-corrected chi connectivity index (χ2v) is 6.28. The van der Waals surface area contributed by atoms with Crippen LogP contribution < -0.4 is 24.3 Å². The van der Waals surface area contributed by atoms with E-state index in [9.17, 15) is 4.79 Å². The molecule has 3 rings (SSSR count). The molecule has 0 fully saturated rings. The summed E-state index contributed by atoms with van der Waals surface area (Å²) in [6.45, 7) is 3.47. The number of ether oxygens (including phenoxy) is 4. The van der Waals surface area contributed by atoms with E-state index in [1.165, 1.54) is 0 Å². The molecule has 6 heteroatoms. The number of hydrogen-bond donors (Lipinski definition) is 1. The van der Waals surface area contributed by atoms with Gasteiger partial charge in [0, 0.05) is 5.56 Å². The van der Waals surface area contributed by atoms with Gasteiger partial charge in [0.2, 0.25) is 0 Å². The van der Waals surface area contributed by atoms with Gasteiger partial charge in [-0.1, -0.05) is 25.5 Å². The van der Waals surface area contributed by atoms with E-state index in [0.29, 0.717) is 42.6 Å². The fraction of sp³-hybridized carbons (Fsp3) is 0.381. The zero-order valence-electron chi connectivity index (χ0n) is 15.7. The maximum absolute atomic E-state index is 12.5.